The molecule has 316 valence electrons. The van der Waals surface area contributed by atoms with Crippen LogP contribution >= 0.6 is 7.82 Å². The van der Waals surface area contributed by atoms with E-state index in [1.54, 1.807) is 12.2 Å². The van der Waals surface area contributed by atoms with Crippen molar-refractivity contribution >= 4 is 25.5 Å². The minimum atomic E-state index is -4.43. The molecule has 4 N–H and O–H groups in total. The zero-order chi connectivity index (χ0) is 40.4. The number of ether oxygens (including phenoxy) is 2. The number of phosphoric ester groups is 1. The first-order chi connectivity index (χ1) is 26.6. The molecule has 0 spiro atoms. The zero-order valence-corrected chi connectivity index (χ0v) is 34.9. The summed E-state index contributed by atoms with van der Waals surface area (Å²) in [5.74, 6) is -1.20. The van der Waals surface area contributed by atoms with Gasteiger partial charge in [-0.05, 0) is 69.8 Å². The number of aliphatic hydroxyl groups is 1. The number of esters is 2. The molecule has 0 aliphatic heterocycles. The first kappa shape index (κ1) is 50.6. The summed E-state index contributed by atoms with van der Waals surface area (Å²) in [7, 11) is -4.43. The number of rotatable bonds is 36. The van der Waals surface area contributed by atoms with Gasteiger partial charge in [-0.25, -0.2) is 4.57 Å². The average Bonchev–Trinajstić information content (AvgIpc) is 3.52. The Morgan fingerprint density at radius 1 is 0.800 bits per heavy atom. The number of phosphoric acid groups is 1. The van der Waals surface area contributed by atoms with Gasteiger partial charge in [0.25, 0.3) is 0 Å². The molecule has 11 nitrogen and oxygen atoms in total. The zero-order valence-electron chi connectivity index (χ0n) is 34.0. The first-order valence-electron chi connectivity index (χ1n) is 21.2. The fourth-order valence-electron chi connectivity index (χ4n) is 6.15. The van der Waals surface area contributed by atoms with Gasteiger partial charge in [-0.3, -0.25) is 23.4 Å². The van der Waals surface area contributed by atoms with Crippen molar-refractivity contribution < 1.29 is 47.5 Å². The Morgan fingerprint density at radius 3 is 2.09 bits per heavy atom. The monoisotopic (exact) mass is 796 g/mol. The number of carbonyl (C=O) groups is 3. The van der Waals surface area contributed by atoms with Gasteiger partial charge in [-0.15, -0.1) is 0 Å². The van der Waals surface area contributed by atoms with Gasteiger partial charge >= 0.3 is 19.8 Å². The van der Waals surface area contributed by atoms with E-state index < -0.39 is 38.6 Å². The Balaban J connectivity index is 2.38. The normalized spacial score (nSPS) is 18.1. The maximum Gasteiger partial charge on any atom is 0.472 e. The number of carbonyl (C=O) groups excluding carboxylic acids is 3. The molecule has 1 aliphatic carbocycles. The van der Waals surface area contributed by atoms with Crippen LogP contribution in [0.2, 0.25) is 0 Å². The number of nitrogens with two attached hydrogens (primary N) is 1. The van der Waals surface area contributed by atoms with E-state index in [4.69, 9.17) is 24.3 Å². The van der Waals surface area contributed by atoms with Crippen molar-refractivity contribution in [3.8, 4) is 0 Å². The van der Waals surface area contributed by atoms with Crippen LogP contribution in [0, 0.1) is 11.8 Å². The van der Waals surface area contributed by atoms with E-state index in [0.29, 0.717) is 32.1 Å². The van der Waals surface area contributed by atoms with Crippen molar-refractivity contribution in [2.45, 2.75) is 167 Å². The van der Waals surface area contributed by atoms with Crippen molar-refractivity contribution in [1.82, 2.24) is 0 Å². The minimum absolute atomic E-state index is 0.0223. The summed E-state index contributed by atoms with van der Waals surface area (Å²) in [6, 6.07) is 0. The molecule has 12 heteroatoms. The van der Waals surface area contributed by atoms with Crippen LogP contribution in [0.25, 0.3) is 0 Å². The summed E-state index contributed by atoms with van der Waals surface area (Å²) >= 11 is 0. The molecule has 0 aromatic rings. The number of ketones is 1. The van der Waals surface area contributed by atoms with Crippen LogP contribution in [-0.2, 0) is 37.5 Å². The number of hydrogen-bond acceptors (Lipinski definition) is 10. The lowest BCUT2D eigenvalue weighted by Crippen LogP contribution is -2.29. The molecule has 0 amide bonds. The van der Waals surface area contributed by atoms with Crippen molar-refractivity contribution in [3.05, 3.63) is 48.6 Å². The van der Waals surface area contributed by atoms with E-state index in [1.807, 2.05) is 24.3 Å². The highest BCUT2D eigenvalue weighted by Crippen LogP contribution is 2.43. The summed E-state index contributed by atoms with van der Waals surface area (Å²) < 4.78 is 32.7. The van der Waals surface area contributed by atoms with Crippen molar-refractivity contribution in [2.75, 3.05) is 26.4 Å². The van der Waals surface area contributed by atoms with Crippen molar-refractivity contribution in [3.63, 3.8) is 0 Å². The lowest BCUT2D eigenvalue weighted by atomic mass is 9.90. The van der Waals surface area contributed by atoms with Crippen LogP contribution in [0.3, 0.4) is 0 Å². The van der Waals surface area contributed by atoms with Crippen LogP contribution in [0.4, 0.5) is 0 Å². The van der Waals surface area contributed by atoms with Crippen LogP contribution in [-0.4, -0.2) is 66.3 Å². The molecule has 0 aromatic heterocycles. The molecule has 0 bridgehead atoms. The first-order valence-corrected chi connectivity index (χ1v) is 22.7. The fourth-order valence-corrected chi connectivity index (χ4v) is 6.91. The van der Waals surface area contributed by atoms with E-state index in [2.05, 4.69) is 26.0 Å². The van der Waals surface area contributed by atoms with Crippen molar-refractivity contribution in [1.29, 1.82) is 0 Å². The Kier molecular flexibility index (Phi) is 31.0. The number of hydrogen-bond donors (Lipinski definition) is 3. The number of allylic oxidation sites excluding steroid dienone is 7. The van der Waals surface area contributed by atoms with Crippen LogP contribution in [0.1, 0.15) is 155 Å². The second-order valence-corrected chi connectivity index (χ2v) is 16.0. The lowest BCUT2D eigenvalue weighted by molar-refractivity contribution is -0.161. The molecule has 0 radical (unpaired) electrons. The van der Waals surface area contributed by atoms with Crippen LogP contribution < -0.4 is 5.73 Å². The third-order valence-corrected chi connectivity index (χ3v) is 10.4. The second kappa shape index (κ2) is 33.7. The van der Waals surface area contributed by atoms with Gasteiger partial charge in [0.15, 0.2) is 11.9 Å². The largest absolute Gasteiger partial charge is 0.472 e. The average molecular weight is 796 g/mol. The Bertz CT molecular complexity index is 1190. The predicted octanol–water partition coefficient (Wildman–Crippen LogP) is 9.56. The minimum Gasteiger partial charge on any atom is -0.462 e. The SMILES string of the molecule is CCCCCCCC/C=C\CCCCCCCC(=O)O[C@H](COC(=O)CCC/C=C\C[C@H]1C=CC(=O)[C@@H]1/C=C/[C@@H](O)CCCCC)COP(=O)(O)OCCN. The lowest BCUT2D eigenvalue weighted by Gasteiger charge is -2.19. The standard InChI is InChI=1S/C43H74NO10P/c1-3-5-7-8-9-10-11-12-13-14-15-16-17-18-24-28-43(48)54-39(36-53-55(49,50)52-34-33-44)35-51-42(47)27-23-20-19-22-25-37-29-32-41(46)40(37)31-30-38(45)26-21-6-4-2/h12-13,19,22,29-32,37-40,45H,3-11,14-18,20-21,23-28,33-36,44H2,1-2H3,(H,49,50)/b13-12-,22-19-,31-30+/t37-,38-,39+,40+/m0/s1. The third kappa shape index (κ3) is 28.6. The predicted molar refractivity (Wildman–Crippen MR) is 219 cm³/mol. The Morgan fingerprint density at radius 2 is 1.40 bits per heavy atom. The molecule has 0 heterocycles. The quantitative estimate of drug-likeness (QED) is 0.0239. The van der Waals surface area contributed by atoms with Gasteiger partial charge < -0.3 is 25.2 Å². The van der Waals surface area contributed by atoms with Gasteiger partial charge in [0, 0.05) is 25.3 Å². The third-order valence-electron chi connectivity index (χ3n) is 9.44. The van der Waals surface area contributed by atoms with E-state index in [1.165, 1.54) is 38.5 Å². The Labute approximate surface area is 332 Å². The van der Waals surface area contributed by atoms with Crippen LogP contribution in [0.15, 0.2) is 48.6 Å². The topological polar surface area (TPSA) is 172 Å². The van der Waals surface area contributed by atoms with Gasteiger partial charge in [-0.1, -0.05) is 127 Å². The summed E-state index contributed by atoms with van der Waals surface area (Å²) in [6.45, 7) is 3.38. The molecule has 1 aliphatic rings. The Hall–Kier alpha value is -2.40. The summed E-state index contributed by atoms with van der Waals surface area (Å²) in [5, 5.41) is 10.2. The van der Waals surface area contributed by atoms with Gasteiger partial charge in [0.2, 0.25) is 0 Å². The highest BCUT2D eigenvalue weighted by molar-refractivity contribution is 7.47. The molecule has 0 saturated heterocycles. The maximum absolute atomic E-state index is 12.6. The molecule has 0 fully saturated rings. The van der Waals surface area contributed by atoms with E-state index in [-0.39, 0.29) is 50.2 Å². The molecule has 1 rings (SSSR count). The summed E-state index contributed by atoms with van der Waals surface area (Å²) in [5.41, 5.74) is 5.34. The number of aliphatic hydroxyl groups excluding tert-OH is 1. The van der Waals surface area contributed by atoms with E-state index in [9.17, 15) is 28.9 Å². The molecular formula is C43H74NO10P. The molecule has 0 saturated carbocycles. The molecule has 5 atom stereocenters. The van der Waals surface area contributed by atoms with Crippen LogP contribution in [0.5, 0.6) is 0 Å². The van der Waals surface area contributed by atoms with E-state index >= 15 is 0 Å². The summed E-state index contributed by atoms with van der Waals surface area (Å²) in [4.78, 5) is 47.3. The highest BCUT2D eigenvalue weighted by atomic mass is 31.2. The second-order valence-electron chi connectivity index (χ2n) is 14.5. The van der Waals surface area contributed by atoms with Gasteiger partial charge in [0.1, 0.15) is 6.61 Å². The highest BCUT2D eigenvalue weighted by Gasteiger charge is 2.27. The molecule has 55 heavy (non-hydrogen) atoms. The van der Waals surface area contributed by atoms with E-state index in [0.717, 1.165) is 57.8 Å². The summed E-state index contributed by atoms with van der Waals surface area (Å²) in [6.07, 6.45) is 34.8. The number of unbranched alkanes of at least 4 members (excludes halogenated alkanes) is 14. The smallest absolute Gasteiger partial charge is 0.462 e. The molecular weight excluding hydrogens is 721 g/mol. The van der Waals surface area contributed by atoms with Gasteiger partial charge in [0.05, 0.1) is 19.3 Å². The molecule has 1 unspecified atom stereocenters. The molecule has 0 aromatic carbocycles. The van der Waals surface area contributed by atoms with Gasteiger partial charge in [-0.2, -0.15) is 0 Å². The van der Waals surface area contributed by atoms with Crippen molar-refractivity contribution in [2.24, 2.45) is 17.6 Å². The maximum atomic E-state index is 12.6. The fraction of sp³-hybridized carbons (Fsp3) is 0.744.